The summed E-state index contributed by atoms with van der Waals surface area (Å²) in [7, 11) is 0. The number of rotatable bonds is 3. The predicted molar refractivity (Wildman–Crippen MR) is 82.5 cm³/mol. The first kappa shape index (κ1) is 14.3. The van der Waals surface area contributed by atoms with Gasteiger partial charge in [-0.3, -0.25) is 4.79 Å². The van der Waals surface area contributed by atoms with E-state index in [2.05, 4.69) is 12.1 Å². The Balaban J connectivity index is 1.84. The molecule has 0 bridgehead atoms. The highest BCUT2D eigenvalue weighted by atomic mass is 35.5. The minimum atomic E-state index is -0.492. The number of hydrogen-bond acceptors (Lipinski definition) is 1. The van der Waals surface area contributed by atoms with Gasteiger partial charge in [0.1, 0.15) is 5.82 Å². The van der Waals surface area contributed by atoms with Crippen LogP contribution in [0.4, 0.5) is 4.39 Å². The van der Waals surface area contributed by atoms with Crippen molar-refractivity contribution in [2.45, 2.75) is 31.6 Å². The van der Waals surface area contributed by atoms with Crippen molar-refractivity contribution in [2.75, 3.05) is 0 Å². The van der Waals surface area contributed by atoms with Crippen LogP contribution >= 0.6 is 11.6 Å². The van der Waals surface area contributed by atoms with Crippen molar-refractivity contribution in [2.24, 2.45) is 0 Å². The minimum absolute atomic E-state index is 0.102. The smallest absolute Gasteiger partial charge is 0.166 e. The summed E-state index contributed by atoms with van der Waals surface area (Å²) < 4.78 is 13.8. The molecular formula is C18H16ClFO. The van der Waals surface area contributed by atoms with Crippen molar-refractivity contribution < 1.29 is 9.18 Å². The zero-order chi connectivity index (χ0) is 14.8. The van der Waals surface area contributed by atoms with Gasteiger partial charge < -0.3 is 0 Å². The maximum atomic E-state index is 13.8. The first-order chi connectivity index (χ1) is 10.1. The average Bonchev–Trinajstić information content (AvgIpc) is 2.50. The van der Waals surface area contributed by atoms with Crippen molar-refractivity contribution >= 4 is 17.4 Å². The molecule has 21 heavy (non-hydrogen) atoms. The summed E-state index contributed by atoms with van der Waals surface area (Å²) in [5.41, 5.74) is 2.65. The molecule has 0 radical (unpaired) electrons. The van der Waals surface area contributed by atoms with Gasteiger partial charge in [-0.1, -0.05) is 35.9 Å². The molecule has 2 aromatic rings. The molecule has 0 heterocycles. The molecule has 1 atom stereocenters. The van der Waals surface area contributed by atoms with Gasteiger partial charge in [0.25, 0.3) is 0 Å². The lowest BCUT2D eigenvalue weighted by Gasteiger charge is -2.25. The fourth-order valence-electron chi connectivity index (χ4n) is 3.11. The second-order valence-electron chi connectivity index (χ2n) is 5.54. The molecule has 0 amide bonds. The average molecular weight is 303 g/mol. The fraction of sp³-hybridized carbons (Fsp3) is 0.278. The molecule has 0 fully saturated rings. The van der Waals surface area contributed by atoms with Crippen LogP contribution in [0.25, 0.3) is 0 Å². The van der Waals surface area contributed by atoms with Crippen LogP contribution in [0.5, 0.6) is 0 Å². The molecule has 1 aliphatic rings. The van der Waals surface area contributed by atoms with Gasteiger partial charge in [0.05, 0.1) is 5.56 Å². The van der Waals surface area contributed by atoms with Crippen LogP contribution in [0.2, 0.25) is 5.02 Å². The molecule has 0 spiro atoms. The Bertz CT molecular complexity index is 681. The molecule has 3 rings (SSSR count). The zero-order valence-electron chi connectivity index (χ0n) is 11.6. The van der Waals surface area contributed by atoms with Gasteiger partial charge >= 0.3 is 0 Å². The van der Waals surface area contributed by atoms with Crippen LogP contribution < -0.4 is 0 Å². The Hall–Kier alpha value is -1.67. The fourth-order valence-corrected chi connectivity index (χ4v) is 3.28. The summed E-state index contributed by atoms with van der Waals surface area (Å²) in [5, 5.41) is 0.392. The largest absolute Gasteiger partial charge is 0.294 e. The lowest BCUT2D eigenvalue weighted by atomic mass is 9.79. The Morgan fingerprint density at radius 2 is 2.05 bits per heavy atom. The molecule has 3 heteroatoms. The molecule has 0 saturated heterocycles. The lowest BCUT2D eigenvalue weighted by molar-refractivity contribution is 0.0967. The highest BCUT2D eigenvalue weighted by molar-refractivity contribution is 6.31. The third-order valence-electron chi connectivity index (χ3n) is 4.15. The van der Waals surface area contributed by atoms with Crippen molar-refractivity contribution in [3.8, 4) is 0 Å². The summed E-state index contributed by atoms with van der Waals surface area (Å²) in [5.74, 6) is -0.481. The molecule has 1 aliphatic carbocycles. The Kier molecular flexibility index (Phi) is 4.07. The highest BCUT2D eigenvalue weighted by Crippen LogP contribution is 2.35. The van der Waals surface area contributed by atoms with E-state index >= 15 is 0 Å². The quantitative estimate of drug-likeness (QED) is 0.715. The Labute approximate surface area is 128 Å². The predicted octanol–water partition coefficient (Wildman–Crippen LogP) is 5.17. The number of carbonyl (C=O) groups is 1. The molecule has 0 aromatic heterocycles. The highest BCUT2D eigenvalue weighted by Gasteiger charge is 2.24. The SMILES string of the molecule is O=C(CC1CCCc2ccccc21)c1cc(Cl)ccc1F. The van der Waals surface area contributed by atoms with Gasteiger partial charge in [0.15, 0.2) is 5.78 Å². The summed E-state index contributed by atoms with van der Waals surface area (Å²) in [6.45, 7) is 0. The third-order valence-corrected chi connectivity index (χ3v) is 4.39. The summed E-state index contributed by atoms with van der Waals surface area (Å²) in [6, 6.07) is 12.4. The summed E-state index contributed by atoms with van der Waals surface area (Å²) in [4.78, 5) is 12.4. The van der Waals surface area contributed by atoms with E-state index in [4.69, 9.17) is 11.6 Å². The number of ketones is 1. The molecular weight excluding hydrogens is 287 g/mol. The zero-order valence-corrected chi connectivity index (χ0v) is 12.4. The minimum Gasteiger partial charge on any atom is -0.294 e. The van der Waals surface area contributed by atoms with Crippen LogP contribution in [-0.2, 0) is 6.42 Å². The van der Waals surface area contributed by atoms with E-state index in [0.29, 0.717) is 11.4 Å². The van der Waals surface area contributed by atoms with Crippen LogP contribution in [0.1, 0.15) is 46.7 Å². The first-order valence-corrected chi connectivity index (χ1v) is 7.59. The van der Waals surface area contributed by atoms with E-state index in [1.807, 2.05) is 12.1 Å². The van der Waals surface area contributed by atoms with Crippen molar-refractivity contribution in [3.05, 3.63) is 70.0 Å². The van der Waals surface area contributed by atoms with Crippen molar-refractivity contribution in [1.29, 1.82) is 0 Å². The number of Topliss-reactive ketones (excluding diaryl/α,β-unsaturated/α-hetero) is 1. The molecule has 1 unspecified atom stereocenters. The van der Waals surface area contributed by atoms with Crippen LogP contribution in [-0.4, -0.2) is 5.78 Å². The first-order valence-electron chi connectivity index (χ1n) is 7.21. The number of benzene rings is 2. The van der Waals surface area contributed by atoms with E-state index in [1.54, 1.807) is 0 Å². The number of fused-ring (bicyclic) bond motifs is 1. The van der Waals surface area contributed by atoms with Gasteiger partial charge in [-0.05, 0) is 54.5 Å². The van der Waals surface area contributed by atoms with Gasteiger partial charge in [0.2, 0.25) is 0 Å². The molecule has 2 aromatic carbocycles. The van der Waals surface area contributed by atoms with Gasteiger partial charge in [-0.15, -0.1) is 0 Å². The van der Waals surface area contributed by atoms with Crippen molar-refractivity contribution in [3.63, 3.8) is 0 Å². The Morgan fingerprint density at radius 1 is 1.24 bits per heavy atom. The van der Waals surface area contributed by atoms with Crippen molar-refractivity contribution in [1.82, 2.24) is 0 Å². The molecule has 1 nitrogen and oxygen atoms in total. The van der Waals surface area contributed by atoms with E-state index in [9.17, 15) is 9.18 Å². The van der Waals surface area contributed by atoms with Gasteiger partial charge in [-0.2, -0.15) is 0 Å². The van der Waals surface area contributed by atoms with Gasteiger partial charge in [0, 0.05) is 11.4 Å². The standard InChI is InChI=1S/C18H16ClFO/c19-14-8-9-17(20)16(11-14)18(21)10-13-6-3-5-12-4-1-2-7-15(12)13/h1-2,4,7-9,11,13H,3,5-6,10H2. The third kappa shape index (κ3) is 3.01. The van der Waals surface area contributed by atoms with Gasteiger partial charge in [-0.25, -0.2) is 4.39 Å². The number of carbonyl (C=O) groups excluding carboxylic acids is 1. The monoisotopic (exact) mass is 302 g/mol. The van der Waals surface area contributed by atoms with E-state index < -0.39 is 5.82 Å². The second kappa shape index (κ2) is 5.98. The number of hydrogen-bond donors (Lipinski definition) is 0. The molecule has 0 N–H and O–H groups in total. The van der Waals surface area contributed by atoms with E-state index in [-0.39, 0.29) is 17.3 Å². The molecule has 0 aliphatic heterocycles. The topological polar surface area (TPSA) is 17.1 Å². The molecule has 108 valence electrons. The number of halogens is 2. The summed E-state index contributed by atoms with van der Waals surface area (Å²) >= 11 is 5.87. The van der Waals surface area contributed by atoms with Crippen LogP contribution in [0, 0.1) is 5.82 Å². The van der Waals surface area contributed by atoms with E-state index in [1.165, 1.54) is 29.3 Å². The maximum Gasteiger partial charge on any atom is 0.166 e. The molecule has 0 saturated carbocycles. The normalized spacial score (nSPS) is 17.3. The summed E-state index contributed by atoms with van der Waals surface area (Å²) in [6.07, 6.45) is 3.46. The van der Waals surface area contributed by atoms with E-state index in [0.717, 1.165) is 19.3 Å². The lowest BCUT2D eigenvalue weighted by Crippen LogP contribution is -2.14. The number of aryl methyl sites for hydroxylation is 1. The van der Waals surface area contributed by atoms with Crippen LogP contribution in [0.3, 0.4) is 0 Å². The maximum absolute atomic E-state index is 13.8. The van der Waals surface area contributed by atoms with Crippen LogP contribution in [0.15, 0.2) is 42.5 Å². The second-order valence-corrected chi connectivity index (χ2v) is 5.98. The Morgan fingerprint density at radius 3 is 2.90 bits per heavy atom.